The van der Waals surface area contributed by atoms with Crippen LogP contribution in [-0.2, 0) is 23.1 Å². The van der Waals surface area contributed by atoms with Gasteiger partial charge in [-0.15, -0.1) is 0 Å². The average Bonchev–Trinajstić information content (AvgIpc) is 2.79. The van der Waals surface area contributed by atoms with Gasteiger partial charge in [-0.1, -0.05) is 64.2 Å². The van der Waals surface area contributed by atoms with E-state index in [-0.39, 0.29) is 19.1 Å². The summed E-state index contributed by atoms with van der Waals surface area (Å²) in [5, 5.41) is 5.59. The molecular weight excluding hydrogens is 521 g/mol. The molecule has 0 rings (SSSR count). The zero-order chi connectivity index (χ0) is 29.6. The summed E-state index contributed by atoms with van der Waals surface area (Å²) in [6, 6.07) is 0. The Labute approximate surface area is 238 Å². The van der Waals surface area contributed by atoms with Crippen molar-refractivity contribution < 1.29 is 37.3 Å². The van der Waals surface area contributed by atoms with Crippen molar-refractivity contribution >= 4 is 19.8 Å². The zero-order valence-corrected chi connectivity index (χ0v) is 26.6. The number of ether oxygens (including phenoxy) is 1. The van der Waals surface area contributed by atoms with E-state index < -0.39 is 19.5 Å². The fourth-order valence-corrected chi connectivity index (χ4v) is 4.46. The van der Waals surface area contributed by atoms with Gasteiger partial charge in [-0.05, 0) is 40.0 Å². The number of rotatable bonds is 24. The number of quaternary nitrogens is 1. The van der Waals surface area contributed by atoms with Crippen LogP contribution in [0.4, 0.5) is 4.79 Å². The van der Waals surface area contributed by atoms with Crippen molar-refractivity contribution in [2.24, 2.45) is 0 Å². The molecule has 0 bridgehead atoms. The molecule has 0 aromatic carbocycles. The number of hydrogen-bond donors (Lipinski definition) is 3. The van der Waals surface area contributed by atoms with E-state index in [1.54, 1.807) is 0 Å². The Morgan fingerprint density at radius 1 is 0.718 bits per heavy atom. The van der Waals surface area contributed by atoms with Gasteiger partial charge in [0.05, 0.1) is 27.7 Å². The maximum atomic E-state index is 11.9. The number of carbonyl (C=O) groups is 2. The Morgan fingerprint density at radius 2 is 1.18 bits per heavy atom. The molecule has 0 heterocycles. The van der Waals surface area contributed by atoms with Crippen molar-refractivity contribution in [3.05, 3.63) is 0 Å². The van der Waals surface area contributed by atoms with E-state index in [1.165, 1.54) is 44.9 Å². The Bertz CT molecular complexity index is 694. The first-order valence-corrected chi connectivity index (χ1v) is 16.4. The van der Waals surface area contributed by atoms with Crippen LogP contribution >= 0.6 is 7.82 Å². The number of amides is 2. The summed E-state index contributed by atoms with van der Waals surface area (Å²) < 4.78 is 27.7. The minimum absolute atomic E-state index is 0.0769. The Kier molecular flexibility index (Phi) is 20.9. The third kappa shape index (κ3) is 29.6. The monoisotopic (exact) mass is 580 g/mol. The van der Waals surface area contributed by atoms with Crippen molar-refractivity contribution in [2.75, 3.05) is 54.0 Å². The summed E-state index contributed by atoms with van der Waals surface area (Å²) in [7, 11) is 2.07. The average molecular weight is 581 g/mol. The molecule has 39 heavy (non-hydrogen) atoms. The number of nitrogens with one attached hydrogen (secondary N) is 2. The first-order valence-electron chi connectivity index (χ1n) is 14.9. The molecule has 0 fully saturated rings. The van der Waals surface area contributed by atoms with Crippen molar-refractivity contribution in [3.63, 3.8) is 0 Å². The lowest BCUT2D eigenvalue weighted by molar-refractivity contribution is -0.870. The lowest BCUT2D eigenvalue weighted by Crippen LogP contribution is -2.37. The summed E-state index contributed by atoms with van der Waals surface area (Å²) in [5.74, 6) is 0.0769. The summed E-state index contributed by atoms with van der Waals surface area (Å²) >= 11 is 0. The number of phosphoric ester groups is 1. The molecule has 1 unspecified atom stereocenters. The topological polar surface area (TPSA) is 123 Å². The van der Waals surface area contributed by atoms with E-state index in [2.05, 4.69) is 10.6 Å². The summed E-state index contributed by atoms with van der Waals surface area (Å²) in [6.45, 7) is 7.61. The van der Waals surface area contributed by atoms with Gasteiger partial charge in [0, 0.05) is 19.5 Å². The van der Waals surface area contributed by atoms with Gasteiger partial charge in [-0.25, -0.2) is 9.36 Å². The van der Waals surface area contributed by atoms with Crippen molar-refractivity contribution in [2.45, 2.75) is 116 Å². The van der Waals surface area contributed by atoms with Gasteiger partial charge in [-0.2, -0.15) is 0 Å². The molecule has 0 spiro atoms. The Morgan fingerprint density at radius 3 is 1.69 bits per heavy atom. The molecule has 10 nitrogen and oxygen atoms in total. The zero-order valence-electron chi connectivity index (χ0n) is 25.7. The van der Waals surface area contributed by atoms with Crippen LogP contribution in [-0.4, -0.2) is 81.0 Å². The molecule has 2 amide bonds. The van der Waals surface area contributed by atoms with Crippen LogP contribution in [0, 0.1) is 0 Å². The van der Waals surface area contributed by atoms with Crippen molar-refractivity contribution in [3.8, 4) is 0 Å². The van der Waals surface area contributed by atoms with Gasteiger partial charge in [0.2, 0.25) is 5.91 Å². The molecule has 0 aliphatic rings. The fourth-order valence-electron chi connectivity index (χ4n) is 3.71. The molecule has 0 aliphatic heterocycles. The summed E-state index contributed by atoms with van der Waals surface area (Å²) in [5.41, 5.74) is -0.504. The molecule has 3 N–H and O–H groups in total. The van der Waals surface area contributed by atoms with Crippen LogP contribution in [0.2, 0.25) is 0 Å². The first kappa shape index (κ1) is 37.8. The number of carbonyl (C=O) groups excluding carboxylic acids is 2. The van der Waals surface area contributed by atoms with Gasteiger partial charge in [-0.3, -0.25) is 13.8 Å². The largest absolute Gasteiger partial charge is 0.472 e. The highest BCUT2D eigenvalue weighted by Crippen LogP contribution is 2.43. The lowest BCUT2D eigenvalue weighted by atomic mass is 10.0. The van der Waals surface area contributed by atoms with Crippen molar-refractivity contribution in [1.29, 1.82) is 0 Å². The van der Waals surface area contributed by atoms with Gasteiger partial charge in [0.1, 0.15) is 18.8 Å². The second-order valence-corrected chi connectivity index (χ2v) is 13.7. The molecular formula is C28H59N3O7P+. The quantitative estimate of drug-likeness (QED) is 0.0735. The SMILES string of the molecule is CC(C)(C)OC(=O)NCCCNC(=O)CCCCCCCCCCCCCCOP(=O)(O)OCC[N+](C)(C)C. The molecule has 0 saturated carbocycles. The van der Waals surface area contributed by atoms with E-state index >= 15 is 0 Å². The fraction of sp³-hybridized carbons (Fsp3) is 0.929. The number of nitrogens with zero attached hydrogens (tertiary/aromatic N) is 1. The van der Waals surface area contributed by atoms with Gasteiger partial charge in [0.25, 0.3) is 0 Å². The molecule has 0 radical (unpaired) electrons. The highest BCUT2D eigenvalue weighted by atomic mass is 31.2. The van der Waals surface area contributed by atoms with E-state index in [4.69, 9.17) is 13.8 Å². The normalized spacial score (nSPS) is 13.6. The van der Waals surface area contributed by atoms with E-state index in [0.717, 1.165) is 32.1 Å². The number of likely N-dealkylation sites (N-methyl/N-ethyl adjacent to an activating group) is 1. The molecule has 0 aromatic heterocycles. The van der Waals surface area contributed by atoms with E-state index in [9.17, 15) is 19.0 Å². The van der Waals surface area contributed by atoms with Crippen LogP contribution in [0.25, 0.3) is 0 Å². The smallest absolute Gasteiger partial charge is 0.444 e. The second-order valence-electron chi connectivity index (χ2n) is 12.3. The number of unbranched alkanes of at least 4 members (excludes halogenated alkanes) is 11. The lowest BCUT2D eigenvalue weighted by Gasteiger charge is -2.24. The third-order valence-electron chi connectivity index (χ3n) is 5.91. The number of phosphoric acid groups is 1. The molecule has 0 saturated heterocycles. The predicted octanol–water partition coefficient (Wildman–Crippen LogP) is 5.93. The van der Waals surface area contributed by atoms with E-state index in [1.807, 2.05) is 41.9 Å². The molecule has 0 aliphatic carbocycles. The maximum absolute atomic E-state index is 11.9. The highest BCUT2D eigenvalue weighted by Gasteiger charge is 2.22. The Balaban J connectivity index is 3.40. The first-order chi connectivity index (χ1) is 18.2. The Hall–Kier alpha value is -1.19. The number of hydrogen-bond acceptors (Lipinski definition) is 6. The van der Waals surface area contributed by atoms with Crippen LogP contribution in [0.5, 0.6) is 0 Å². The van der Waals surface area contributed by atoms with Crippen LogP contribution in [0.3, 0.4) is 0 Å². The second kappa shape index (κ2) is 21.5. The van der Waals surface area contributed by atoms with Gasteiger partial charge < -0.3 is 24.7 Å². The minimum atomic E-state index is -3.93. The van der Waals surface area contributed by atoms with Gasteiger partial charge >= 0.3 is 13.9 Å². The molecule has 11 heteroatoms. The standard InChI is InChI=1S/C28H58N3O7P/c1-28(2,3)38-27(33)30-22-19-21-29-26(32)20-17-15-13-11-9-7-8-10-12-14-16-18-24-36-39(34,35)37-25-23-31(4,5)6/h7-25H2,1-6H3,(H2-,29,30,32,33,34,35)/p+1. The molecule has 1 atom stereocenters. The van der Waals surface area contributed by atoms with Gasteiger partial charge in [0.15, 0.2) is 0 Å². The molecule has 232 valence electrons. The van der Waals surface area contributed by atoms with Crippen molar-refractivity contribution in [1.82, 2.24) is 10.6 Å². The predicted molar refractivity (Wildman–Crippen MR) is 157 cm³/mol. The van der Waals surface area contributed by atoms with Crippen LogP contribution in [0.15, 0.2) is 0 Å². The minimum Gasteiger partial charge on any atom is -0.444 e. The maximum Gasteiger partial charge on any atom is 0.472 e. The van der Waals surface area contributed by atoms with E-state index in [0.29, 0.717) is 37.0 Å². The third-order valence-corrected chi connectivity index (χ3v) is 6.93. The summed E-state index contributed by atoms with van der Waals surface area (Å²) in [6.07, 6.45) is 14.2. The van der Waals surface area contributed by atoms with Crippen LogP contribution < -0.4 is 10.6 Å². The molecule has 0 aromatic rings. The highest BCUT2D eigenvalue weighted by molar-refractivity contribution is 7.47. The van der Waals surface area contributed by atoms with Crippen LogP contribution in [0.1, 0.15) is 111 Å². The number of alkyl carbamates (subject to hydrolysis) is 1. The summed E-state index contributed by atoms with van der Waals surface area (Å²) in [4.78, 5) is 33.1.